The fourth-order valence-corrected chi connectivity index (χ4v) is 5.73. The fraction of sp³-hybridized carbons (Fsp3) is 0.370. The van der Waals surface area contributed by atoms with Crippen LogP contribution >= 0.6 is 11.3 Å². The number of esters is 1. The van der Waals surface area contributed by atoms with Crippen molar-refractivity contribution in [1.82, 2.24) is 4.57 Å². The Hall–Kier alpha value is -3.46. The molecule has 2 aromatic heterocycles. The highest BCUT2D eigenvalue weighted by atomic mass is 32.1. The fourth-order valence-electron chi connectivity index (χ4n) is 4.70. The first-order chi connectivity index (χ1) is 17.4. The third-order valence-corrected chi connectivity index (χ3v) is 7.67. The minimum Gasteiger partial charge on any atom is -0.463 e. The summed E-state index contributed by atoms with van der Waals surface area (Å²) >= 11 is 1.23. The number of aromatic nitrogens is 1. The van der Waals surface area contributed by atoms with Gasteiger partial charge in [-0.1, -0.05) is 30.4 Å². The summed E-state index contributed by atoms with van der Waals surface area (Å²) in [5.74, 6) is 1.14. The zero-order valence-electron chi connectivity index (χ0n) is 20.5. The van der Waals surface area contributed by atoms with Crippen LogP contribution in [0.3, 0.4) is 0 Å². The molecule has 0 N–H and O–H groups in total. The van der Waals surface area contributed by atoms with Gasteiger partial charge in [0.15, 0.2) is 10.7 Å². The monoisotopic (exact) mass is 509 g/mol. The Bertz CT molecular complexity index is 1490. The average Bonchev–Trinajstić information content (AvgIpc) is 3.44. The number of hydrogen-bond acceptors (Lipinski definition) is 7. The maximum Gasteiger partial charge on any atom is 0.338 e. The standard InChI is InChI=1S/C27H28FN3O4S/c1-4-34-26(33)23-17(3)29-27-31(24(23)18-5-7-19(28)8-6-18)25(32)21(36-27)15-20-9-10-22(35-20)30-13-11-16(2)12-14-30/h5-10,15-16,24H,4,11-14H2,1-3H3/b21-15+/t24-/m0/s1. The second kappa shape index (κ2) is 9.89. The molecular weight excluding hydrogens is 481 g/mol. The van der Waals surface area contributed by atoms with Crippen molar-refractivity contribution in [3.05, 3.63) is 84.5 Å². The summed E-state index contributed by atoms with van der Waals surface area (Å²) in [6, 6.07) is 8.80. The molecule has 2 aliphatic rings. The number of carbonyl (C=O) groups is 1. The molecule has 1 aromatic carbocycles. The van der Waals surface area contributed by atoms with E-state index in [0.29, 0.717) is 32.3 Å². The molecule has 2 aliphatic heterocycles. The summed E-state index contributed by atoms with van der Waals surface area (Å²) in [6.07, 6.45) is 3.96. The van der Waals surface area contributed by atoms with E-state index in [1.54, 1.807) is 32.1 Å². The highest BCUT2D eigenvalue weighted by Crippen LogP contribution is 2.31. The van der Waals surface area contributed by atoms with Crippen LogP contribution in [0, 0.1) is 11.7 Å². The number of carbonyl (C=O) groups excluding carboxylic acids is 1. The maximum atomic E-state index is 13.7. The second-order valence-corrected chi connectivity index (χ2v) is 10.2. The molecule has 0 radical (unpaired) electrons. The van der Waals surface area contributed by atoms with Gasteiger partial charge in [-0.3, -0.25) is 9.36 Å². The molecule has 4 heterocycles. The normalized spacial score (nSPS) is 18.8. The van der Waals surface area contributed by atoms with E-state index in [-0.39, 0.29) is 17.7 Å². The lowest BCUT2D eigenvalue weighted by Gasteiger charge is -2.29. The smallest absolute Gasteiger partial charge is 0.338 e. The van der Waals surface area contributed by atoms with Crippen LogP contribution in [0.2, 0.25) is 0 Å². The summed E-state index contributed by atoms with van der Waals surface area (Å²) in [5, 5.41) is 0. The van der Waals surface area contributed by atoms with E-state index >= 15 is 0 Å². The topological polar surface area (TPSA) is 77.0 Å². The summed E-state index contributed by atoms with van der Waals surface area (Å²) in [6.45, 7) is 7.79. The van der Waals surface area contributed by atoms with Crippen molar-refractivity contribution in [3.8, 4) is 0 Å². The quantitative estimate of drug-likeness (QED) is 0.490. The van der Waals surface area contributed by atoms with Gasteiger partial charge in [0.25, 0.3) is 5.56 Å². The first kappa shape index (κ1) is 24.2. The van der Waals surface area contributed by atoms with E-state index in [4.69, 9.17) is 9.15 Å². The maximum absolute atomic E-state index is 13.7. The van der Waals surface area contributed by atoms with Gasteiger partial charge >= 0.3 is 5.97 Å². The van der Waals surface area contributed by atoms with E-state index in [9.17, 15) is 14.0 Å². The number of benzene rings is 1. The van der Waals surface area contributed by atoms with Gasteiger partial charge in [-0.15, -0.1) is 0 Å². The van der Waals surface area contributed by atoms with Gasteiger partial charge in [0.2, 0.25) is 0 Å². The van der Waals surface area contributed by atoms with Crippen molar-refractivity contribution in [2.45, 2.75) is 39.7 Å². The van der Waals surface area contributed by atoms with Crippen LogP contribution in [-0.2, 0) is 9.53 Å². The van der Waals surface area contributed by atoms with E-state index in [1.165, 1.54) is 28.0 Å². The van der Waals surface area contributed by atoms with Crippen molar-refractivity contribution < 1.29 is 18.3 Å². The zero-order valence-corrected chi connectivity index (χ0v) is 21.3. The molecule has 0 bridgehead atoms. The van der Waals surface area contributed by atoms with Crippen LogP contribution in [0.25, 0.3) is 6.08 Å². The number of ether oxygens (including phenoxy) is 1. The van der Waals surface area contributed by atoms with Gasteiger partial charge in [-0.05, 0) is 56.4 Å². The van der Waals surface area contributed by atoms with Crippen LogP contribution in [0.15, 0.2) is 61.9 Å². The average molecular weight is 510 g/mol. The van der Waals surface area contributed by atoms with E-state index in [2.05, 4.69) is 16.8 Å². The Balaban J connectivity index is 1.58. The largest absolute Gasteiger partial charge is 0.463 e. The SMILES string of the molecule is CCOC(=O)C1=C(C)N=c2s/c(=C/c3ccc(N4CCC(C)CC4)o3)c(=O)n2[C@H]1c1ccc(F)cc1. The number of piperidine rings is 1. The molecule has 1 atom stereocenters. The summed E-state index contributed by atoms with van der Waals surface area (Å²) in [7, 11) is 0. The highest BCUT2D eigenvalue weighted by Gasteiger charge is 2.33. The number of halogens is 1. The molecule has 1 saturated heterocycles. The minimum atomic E-state index is -0.773. The van der Waals surface area contributed by atoms with Crippen molar-refractivity contribution in [3.63, 3.8) is 0 Å². The molecule has 1 fully saturated rings. The van der Waals surface area contributed by atoms with Crippen molar-refractivity contribution in [2.75, 3.05) is 24.6 Å². The lowest BCUT2D eigenvalue weighted by Crippen LogP contribution is -2.39. The summed E-state index contributed by atoms with van der Waals surface area (Å²) in [4.78, 5) is 33.8. The third kappa shape index (κ3) is 4.55. The Morgan fingerprint density at radius 1 is 1.22 bits per heavy atom. The molecule has 188 valence electrons. The van der Waals surface area contributed by atoms with Gasteiger partial charge in [0.05, 0.1) is 28.5 Å². The van der Waals surface area contributed by atoms with Crippen LogP contribution < -0.4 is 19.8 Å². The van der Waals surface area contributed by atoms with Gasteiger partial charge in [0.1, 0.15) is 11.6 Å². The predicted octanol–water partition coefficient (Wildman–Crippen LogP) is 3.77. The lowest BCUT2D eigenvalue weighted by atomic mass is 9.96. The Kier molecular flexibility index (Phi) is 6.66. The number of furan rings is 1. The molecule has 0 saturated carbocycles. The number of nitrogens with zero attached hydrogens (tertiary/aromatic N) is 3. The predicted molar refractivity (Wildman–Crippen MR) is 136 cm³/mol. The number of hydrogen-bond donors (Lipinski definition) is 0. The van der Waals surface area contributed by atoms with Crippen LogP contribution in [0.1, 0.15) is 51.0 Å². The Morgan fingerprint density at radius 2 is 1.94 bits per heavy atom. The first-order valence-corrected chi connectivity index (χ1v) is 13.0. The van der Waals surface area contributed by atoms with Gasteiger partial charge in [-0.25, -0.2) is 14.2 Å². The van der Waals surface area contributed by atoms with Crippen LogP contribution in [0.5, 0.6) is 0 Å². The highest BCUT2D eigenvalue weighted by molar-refractivity contribution is 7.07. The summed E-state index contributed by atoms with van der Waals surface area (Å²) < 4.78 is 26.9. The van der Waals surface area contributed by atoms with Crippen molar-refractivity contribution in [1.29, 1.82) is 0 Å². The molecule has 3 aromatic rings. The molecule has 0 aliphatic carbocycles. The first-order valence-electron chi connectivity index (χ1n) is 12.2. The van der Waals surface area contributed by atoms with E-state index in [0.717, 1.165) is 31.8 Å². The van der Waals surface area contributed by atoms with Crippen LogP contribution in [-0.4, -0.2) is 30.2 Å². The molecule has 0 amide bonds. The number of thiazole rings is 1. The van der Waals surface area contributed by atoms with Gasteiger partial charge < -0.3 is 14.1 Å². The van der Waals surface area contributed by atoms with E-state index in [1.807, 2.05) is 12.1 Å². The van der Waals surface area contributed by atoms with Gasteiger partial charge in [-0.2, -0.15) is 0 Å². The molecular formula is C27H28FN3O4S. The minimum absolute atomic E-state index is 0.187. The number of anilines is 1. The molecule has 36 heavy (non-hydrogen) atoms. The van der Waals surface area contributed by atoms with Crippen molar-refractivity contribution >= 4 is 29.3 Å². The Labute approximate surface area is 211 Å². The molecule has 0 spiro atoms. The van der Waals surface area contributed by atoms with E-state index < -0.39 is 17.8 Å². The molecule has 9 heteroatoms. The Morgan fingerprint density at radius 3 is 2.64 bits per heavy atom. The molecule has 7 nitrogen and oxygen atoms in total. The van der Waals surface area contributed by atoms with Crippen LogP contribution in [0.4, 0.5) is 10.3 Å². The number of rotatable bonds is 5. The second-order valence-electron chi connectivity index (χ2n) is 9.20. The van der Waals surface area contributed by atoms with Gasteiger partial charge in [0, 0.05) is 25.2 Å². The summed E-state index contributed by atoms with van der Waals surface area (Å²) in [5.41, 5.74) is 1.03. The third-order valence-electron chi connectivity index (χ3n) is 6.68. The zero-order chi connectivity index (χ0) is 25.4. The number of fused-ring (bicyclic) bond motifs is 1. The number of allylic oxidation sites excluding steroid dienone is 1. The molecule has 5 rings (SSSR count). The molecule has 0 unspecified atom stereocenters. The van der Waals surface area contributed by atoms with Crippen molar-refractivity contribution in [2.24, 2.45) is 10.9 Å². The lowest BCUT2D eigenvalue weighted by molar-refractivity contribution is -0.139.